The van der Waals surface area contributed by atoms with Crippen LogP contribution in [-0.4, -0.2) is 238 Å². The maximum Gasteiger partial charge on any atom is 0.329 e. The molecule has 34 heteroatoms. The van der Waals surface area contributed by atoms with E-state index in [0.29, 0.717) is 6.42 Å². The van der Waals surface area contributed by atoms with Crippen LogP contribution in [-0.2, 0) is 76.5 Å². The van der Waals surface area contributed by atoms with Crippen molar-refractivity contribution in [1.82, 2.24) is 58.1 Å². The Bertz CT molecular complexity index is 3070. The smallest absolute Gasteiger partial charge is 0.329 e. The summed E-state index contributed by atoms with van der Waals surface area (Å²) in [7, 11) is 2.36. The van der Waals surface area contributed by atoms with E-state index < -0.39 is 211 Å². The zero-order valence-corrected chi connectivity index (χ0v) is 58.5. The number of phenols is 1. The summed E-state index contributed by atoms with van der Waals surface area (Å²) in [6.07, 6.45) is -2.34. The topological polar surface area (TPSA) is 526 Å². The number of aliphatic hydroxyl groups is 4. The van der Waals surface area contributed by atoms with Crippen molar-refractivity contribution in [3.63, 3.8) is 0 Å². The number of nitrogens with one attached hydrogen (secondary N) is 10. The number of ether oxygens (including phenoxy) is 3. The number of nitrogens with zero attached hydrogens (tertiary/aromatic N) is 1. The van der Waals surface area contributed by atoms with E-state index in [9.17, 15) is 68.7 Å². The molecule has 2 aliphatic rings. The van der Waals surface area contributed by atoms with Gasteiger partial charge >= 0.3 is 5.97 Å². The summed E-state index contributed by atoms with van der Waals surface area (Å²) in [4.78, 5) is 185. The van der Waals surface area contributed by atoms with Crippen molar-refractivity contribution in [3.05, 3.63) is 53.6 Å². The number of carbonyl (C=O) groups excluding carboxylic acids is 13. The largest absolute Gasteiger partial charge is 0.508 e. The lowest BCUT2D eigenvalue weighted by molar-refractivity contribution is -0.168. The maximum absolute atomic E-state index is 15.3. The lowest BCUT2D eigenvalue weighted by Gasteiger charge is -2.40. The Labute approximate surface area is 575 Å². The molecule has 554 valence electrons. The Balaban J connectivity index is 2.17. The number of nitrogens with two attached hydrogens (primary N) is 2. The van der Waals surface area contributed by atoms with Crippen molar-refractivity contribution < 1.29 is 102 Å². The predicted molar refractivity (Wildman–Crippen MR) is 354 cm³/mol. The van der Waals surface area contributed by atoms with Crippen LogP contribution in [0.25, 0.3) is 0 Å². The number of hydrogen-bond acceptors (Lipinski definition) is 22. The third kappa shape index (κ3) is 24.6. The van der Waals surface area contributed by atoms with E-state index >= 15 is 19.2 Å². The maximum atomic E-state index is 15.3. The van der Waals surface area contributed by atoms with E-state index in [4.69, 9.17) is 25.7 Å². The highest BCUT2D eigenvalue weighted by molar-refractivity contribution is 6.00. The Morgan fingerprint density at radius 1 is 0.798 bits per heavy atom. The van der Waals surface area contributed by atoms with Crippen LogP contribution >= 0.6 is 0 Å². The second-order valence-electron chi connectivity index (χ2n) is 25.8. The monoisotopic (exact) mass is 1400 g/mol. The van der Waals surface area contributed by atoms with Gasteiger partial charge < -0.3 is 109 Å². The average Bonchev–Trinajstić information content (AvgIpc) is 0.800. The van der Waals surface area contributed by atoms with Crippen molar-refractivity contribution in [1.29, 1.82) is 0 Å². The van der Waals surface area contributed by atoms with Crippen molar-refractivity contribution in [3.8, 4) is 5.75 Å². The van der Waals surface area contributed by atoms with Gasteiger partial charge in [-0.3, -0.25) is 57.5 Å². The molecular formula is C65H103N13O21. The van der Waals surface area contributed by atoms with Gasteiger partial charge in [0.2, 0.25) is 65.0 Å². The number of fused-ring (bicyclic) bond motifs is 1. The minimum absolute atomic E-state index is 0.0933. The van der Waals surface area contributed by atoms with Crippen LogP contribution in [0.5, 0.6) is 5.75 Å². The van der Waals surface area contributed by atoms with E-state index in [1.54, 1.807) is 6.92 Å². The van der Waals surface area contributed by atoms with E-state index in [-0.39, 0.29) is 36.6 Å². The van der Waals surface area contributed by atoms with Crippen LogP contribution in [0.1, 0.15) is 120 Å². The first kappa shape index (κ1) is 84.6. The van der Waals surface area contributed by atoms with Gasteiger partial charge in [-0.1, -0.05) is 83.9 Å². The lowest BCUT2D eigenvalue weighted by atomic mass is 9.87. The molecule has 99 heavy (non-hydrogen) atoms. The third-order valence-corrected chi connectivity index (χ3v) is 17.1. The molecule has 1 aromatic rings. The highest BCUT2D eigenvalue weighted by Gasteiger charge is 2.47. The van der Waals surface area contributed by atoms with Gasteiger partial charge in [-0.05, 0) is 96.3 Å². The third-order valence-electron chi connectivity index (χ3n) is 17.1. The molecule has 0 bridgehead atoms. The van der Waals surface area contributed by atoms with Crippen LogP contribution in [0, 0.1) is 23.7 Å². The number of phenolic OH excluding ortho intramolecular Hbond substituents is 1. The fourth-order valence-electron chi connectivity index (χ4n) is 10.6. The summed E-state index contributed by atoms with van der Waals surface area (Å²) < 4.78 is 17.3. The van der Waals surface area contributed by atoms with Crippen LogP contribution < -0.4 is 64.6 Å². The Kier molecular flexibility index (Phi) is 33.5. The van der Waals surface area contributed by atoms with E-state index in [1.165, 1.54) is 85.1 Å². The molecule has 0 radical (unpaired) electrons. The average molecular weight is 1400 g/mol. The van der Waals surface area contributed by atoms with Gasteiger partial charge in [-0.25, -0.2) is 4.79 Å². The number of amides is 12. The van der Waals surface area contributed by atoms with Crippen molar-refractivity contribution in [2.24, 2.45) is 35.1 Å². The van der Waals surface area contributed by atoms with Gasteiger partial charge in [0.1, 0.15) is 78.4 Å². The molecule has 0 spiro atoms. The molecule has 0 aromatic heterocycles. The highest BCUT2D eigenvalue weighted by Crippen LogP contribution is 2.29. The number of piperidine rings is 1. The molecule has 0 saturated carbocycles. The molecule has 1 aromatic carbocycles. The molecule has 12 amide bonds. The summed E-state index contributed by atoms with van der Waals surface area (Å²) in [5, 5.41) is 77.1. The normalized spacial score (nSPS) is 24.5. The van der Waals surface area contributed by atoms with Gasteiger partial charge in [0.15, 0.2) is 5.60 Å². The molecule has 2 aliphatic heterocycles. The van der Waals surface area contributed by atoms with Crippen LogP contribution in [0.3, 0.4) is 0 Å². The fourth-order valence-corrected chi connectivity index (χ4v) is 10.6. The number of hydrogen-bond donors (Lipinski definition) is 17. The van der Waals surface area contributed by atoms with E-state index in [2.05, 4.69) is 53.2 Å². The standard InChI is InChI=1S/C65H103N13O21/c1-15-31(4)26-32(5)19-24-43(82)65(12,96)64(95)69-28-45(84)72-48(37(10)79)59(90)74-47(35(8)66)58(89)73-46(33(6)34(7)54(67)85)57(88)76-50-52(30(2)3)99-63(94)42-18-16-17-25-78(42)62(93)51(53(98-14)39-20-22-40(81)23-21-39)77-60(91)49(38(11)80)75-55(86)36(9)70-44(83)27-68-56(87)41(29-97-13)71-61(50)92/h19-24,26,30-31,33-38,41-43,46-53,79-82,96H,15-18,25,27-29,66H2,1-14H3,(H2,67,85)(H,68,87)(H,69,95)(H,70,83)(H,71,92)(H,72,84)(H,73,89)(H,74,90)(H,75,86)(H,76,88)(H,77,91)/b24-19-,32-26+/t31-,33+,34-,35+,36+,37-,38-,41-,42+,43-,46+,47+,48-,49+,50-,51-,52-,53-,65+/m1/s1. The number of primary amides is 1. The summed E-state index contributed by atoms with van der Waals surface area (Å²) in [5.74, 6) is -18.2. The Hall–Kier alpha value is -8.67. The first-order chi connectivity index (χ1) is 46.2. The second kappa shape index (κ2) is 39.2. The minimum Gasteiger partial charge on any atom is -0.508 e. The molecule has 0 unspecified atom stereocenters. The lowest BCUT2D eigenvalue weighted by Crippen LogP contribution is -2.66. The second-order valence-corrected chi connectivity index (χ2v) is 25.8. The zero-order valence-electron chi connectivity index (χ0n) is 58.5. The van der Waals surface area contributed by atoms with Gasteiger partial charge in [0.05, 0.1) is 31.9 Å². The van der Waals surface area contributed by atoms with Crippen molar-refractivity contribution in [2.45, 2.75) is 205 Å². The van der Waals surface area contributed by atoms with Crippen molar-refractivity contribution in [2.75, 3.05) is 40.5 Å². The number of esters is 1. The number of cyclic esters (lactones) is 1. The molecule has 0 aliphatic carbocycles. The van der Waals surface area contributed by atoms with E-state index in [0.717, 1.165) is 44.8 Å². The number of allylic oxidation sites excluding steroid dienone is 3. The molecule has 34 nitrogen and oxygen atoms in total. The van der Waals surface area contributed by atoms with Crippen LogP contribution in [0.15, 0.2) is 48.1 Å². The Morgan fingerprint density at radius 2 is 1.40 bits per heavy atom. The van der Waals surface area contributed by atoms with Gasteiger partial charge in [-0.15, -0.1) is 0 Å². The summed E-state index contributed by atoms with van der Waals surface area (Å²) >= 11 is 0. The number of aliphatic hydroxyl groups excluding tert-OH is 3. The number of rotatable bonds is 27. The van der Waals surface area contributed by atoms with Gasteiger partial charge in [0.25, 0.3) is 5.91 Å². The molecule has 3 rings (SSSR count). The number of aromatic hydroxyl groups is 1. The quantitative estimate of drug-likeness (QED) is 0.0291. The predicted octanol–water partition coefficient (Wildman–Crippen LogP) is -4.65. The van der Waals surface area contributed by atoms with Gasteiger partial charge in [-0.2, -0.15) is 0 Å². The fraction of sp³-hybridized carbons (Fsp3) is 0.646. The van der Waals surface area contributed by atoms with Crippen LogP contribution in [0.4, 0.5) is 0 Å². The molecule has 2 saturated heterocycles. The minimum atomic E-state index is -2.46. The molecule has 2 fully saturated rings. The summed E-state index contributed by atoms with van der Waals surface area (Å²) in [6.45, 7) is 14.5. The Morgan fingerprint density at radius 3 is 1.96 bits per heavy atom. The first-order valence-corrected chi connectivity index (χ1v) is 32.7. The summed E-state index contributed by atoms with van der Waals surface area (Å²) in [5.41, 5.74) is 10.5. The summed E-state index contributed by atoms with van der Waals surface area (Å²) in [6, 6.07) is -12.1. The zero-order chi connectivity index (χ0) is 75.1. The van der Waals surface area contributed by atoms with Gasteiger partial charge in [0, 0.05) is 32.7 Å². The first-order valence-electron chi connectivity index (χ1n) is 32.7. The number of benzene rings is 1. The molecular weight excluding hydrogens is 1300 g/mol. The molecule has 2 heterocycles. The SMILES string of the molecule is CC[C@@H](C)/C=C(C)/C=C\[C@@H](O)[C@](C)(O)C(=O)NCC(=O)N[C@@H](C(=O)N[C@H](C(=O)N[C@H](C(=O)N[C@H]1C(=O)N[C@H](COC)C(=O)NCC(=O)N[C@@H](C)C(=O)N[C@@H]([C@@H](C)O)C(=O)N[C@H]([C@H](OC)c2ccc(O)cc2)C(=O)N2CCCC[C@H]2C(=O)O[C@@H]1C(C)C)[C@@H](C)[C@@H](C)C(N)=O)[C@H](C)N)[C@@H](C)O. The number of carbonyl (C=O) groups is 13. The van der Waals surface area contributed by atoms with Crippen LogP contribution in [0.2, 0.25) is 0 Å². The highest BCUT2D eigenvalue weighted by atomic mass is 16.5. The van der Waals surface area contributed by atoms with Crippen molar-refractivity contribution >= 4 is 76.9 Å². The van der Waals surface area contributed by atoms with E-state index in [1.807, 2.05) is 19.9 Å². The number of methoxy groups -OCH3 is 2. The molecule has 19 N–H and O–H groups in total. The molecule has 19 atom stereocenters.